The van der Waals surface area contributed by atoms with Gasteiger partial charge in [-0.25, -0.2) is 4.98 Å². The largest absolute Gasteiger partial charge is 0.350 e. The van der Waals surface area contributed by atoms with Crippen LogP contribution in [-0.4, -0.2) is 21.2 Å². The zero-order valence-corrected chi connectivity index (χ0v) is 17.3. The van der Waals surface area contributed by atoms with E-state index in [1.807, 2.05) is 36.4 Å². The van der Waals surface area contributed by atoms with E-state index in [0.717, 1.165) is 11.1 Å². The maximum atomic E-state index is 13.1. The lowest BCUT2D eigenvalue weighted by Gasteiger charge is -2.10. The first kappa shape index (κ1) is 20.1. The quantitative estimate of drug-likeness (QED) is 0.436. The van der Waals surface area contributed by atoms with Crippen LogP contribution in [0.2, 0.25) is 10.0 Å². The molecule has 3 aromatic carbocycles. The van der Waals surface area contributed by atoms with E-state index in [0.29, 0.717) is 27.7 Å². The molecule has 1 N–H and O–H groups in total. The molecule has 0 aliphatic heterocycles. The number of hydrogen-bond donors (Lipinski definition) is 1. The molecule has 0 unspecified atom stereocenters. The lowest BCUT2D eigenvalue weighted by atomic mass is 10.1. The number of nitrogens with zero attached hydrogens (tertiary/aromatic N) is 2. The number of imidazole rings is 1. The van der Waals surface area contributed by atoms with Crippen molar-refractivity contribution >= 4 is 45.9 Å². The van der Waals surface area contributed by atoms with Gasteiger partial charge in [-0.1, -0.05) is 47.5 Å². The highest BCUT2D eigenvalue weighted by Crippen LogP contribution is 2.20. The minimum Gasteiger partial charge on any atom is -0.350 e. The van der Waals surface area contributed by atoms with Crippen LogP contribution in [0, 0.1) is 0 Å². The van der Waals surface area contributed by atoms with Crippen LogP contribution in [0.15, 0.2) is 72.8 Å². The average Bonchev–Trinajstić information content (AvgIpc) is 3.12. The molecule has 30 heavy (non-hydrogen) atoms. The van der Waals surface area contributed by atoms with Crippen LogP contribution in [0.3, 0.4) is 0 Å². The standard InChI is InChI=1S/C23H17Cl2N3O2/c24-17-9-5-15(6-10-17)13-26-21(29)14-28-20-4-2-1-3-19(20)27-23(28)22(30)16-7-11-18(25)12-8-16/h1-12H,13-14H2,(H,26,29). The first-order valence-corrected chi connectivity index (χ1v) is 10.0. The second-order valence-corrected chi connectivity index (χ2v) is 7.62. The molecule has 1 aromatic heterocycles. The summed E-state index contributed by atoms with van der Waals surface area (Å²) >= 11 is 11.8. The number of halogens is 2. The number of amides is 1. The molecule has 150 valence electrons. The topological polar surface area (TPSA) is 64.0 Å². The van der Waals surface area contributed by atoms with Gasteiger partial charge in [0.15, 0.2) is 5.82 Å². The van der Waals surface area contributed by atoms with E-state index in [9.17, 15) is 9.59 Å². The molecule has 5 nitrogen and oxygen atoms in total. The first-order chi connectivity index (χ1) is 14.5. The van der Waals surface area contributed by atoms with Crippen LogP contribution in [-0.2, 0) is 17.9 Å². The van der Waals surface area contributed by atoms with E-state index < -0.39 is 0 Å². The zero-order chi connectivity index (χ0) is 21.1. The molecule has 0 bridgehead atoms. The Morgan fingerprint density at radius 2 is 1.50 bits per heavy atom. The van der Waals surface area contributed by atoms with Gasteiger partial charge >= 0.3 is 0 Å². The van der Waals surface area contributed by atoms with Crippen molar-refractivity contribution in [2.45, 2.75) is 13.1 Å². The van der Waals surface area contributed by atoms with E-state index in [4.69, 9.17) is 23.2 Å². The lowest BCUT2D eigenvalue weighted by Crippen LogP contribution is -2.28. The molecule has 7 heteroatoms. The molecule has 4 aromatic rings. The molecule has 0 aliphatic rings. The third-order valence-corrected chi connectivity index (χ3v) is 5.17. The number of fused-ring (bicyclic) bond motifs is 1. The number of para-hydroxylation sites is 2. The predicted molar refractivity (Wildman–Crippen MR) is 118 cm³/mol. The van der Waals surface area contributed by atoms with Gasteiger partial charge in [0, 0.05) is 22.2 Å². The molecule has 0 atom stereocenters. The Kier molecular flexibility index (Phi) is 5.84. The predicted octanol–water partition coefficient (Wildman–Crippen LogP) is 4.89. The highest BCUT2D eigenvalue weighted by atomic mass is 35.5. The van der Waals surface area contributed by atoms with Gasteiger partial charge in [0.1, 0.15) is 6.54 Å². The Hall–Kier alpha value is -3.15. The molecular formula is C23H17Cl2N3O2. The van der Waals surface area contributed by atoms with Crippen molar-refractivity contribution in [2.75, 3.05) is 0 Å². The summed E-state index contributed by atoms with van der Waals surface area (Å²) < 4.78 is 1.64. The fourth-order valence-corrected chi connectivity index (χ4v) is 3.39. The second kappa shape index (κ2) is 8.69. The summed E-state index contributed by atoms with van der Waals surface area (Å²) in [6, 6.07) is 21.2. The molecule has 0 saturated heterocycles. The number of ketones is 1. The van der Waals surface area contributed by atoms with Crippen LogP contribution in [0.5, 0.6) is 0 Å². The molecule has 0 saturated carbocycles. The number of hydrogen-bond acceptors (Lipinski definition) is 3. The Morgan fingerprint density at radius 1 is 0.867 bits per heavy atom. The van der Waals surface area contributed by atoms with Gasteiger partial charge in [-0.05, 0) is 54.1 Å². The molecule has 1 amide bonds. The van der Waals surface area contributed by atoms with Gasteiger partial charge in [0.2, 0.25) is 11.7 Å². The minimum atomic E-state index is -0.270. The highest BCUT2D eigenvalue weighted by Gasteiger charge is 2.20. The third kappa shape index (κ3) is 4.37. The van der Waals surface area contributed by atoms with E-state index in [1.165, 1.54) is 0 Å². The van der Waals surface area contributed by atoms with Crippen LogP contribution in [0.4, 0.5) is 0 Å². The van der Waals surface area contributed by atoms with Gasteiger partial charge < -0.3 is 9.88 Å². The number of rotatable bonds is 6. The van der Waals surface area contributed by atoms with Crippen molar-refractivity contribution in [1.29, 1.82) is 0 Å². The van der Waals surface area contributed by atoms with E-state index in [1.54, 1.807) is 41.0 Å². The highest BCUT2D eigenvalue weighted by molar-refractivity contribution is 6.31. The fraction of sp³-hybridized carbons (Fsp3) is 0.0870. The lowest BCUT2D eigenvalue weighted by molar-refractivity contribution is -0.121. The second-order valence-electron chi connectivity index (χ2n) is 6.75. The maximum Gasteiger partial charge on any atom is 0.240 e. The van der Waals surface area contributed by atoms with Crippen LogP contribution < -0.4 is 5.32 Å². The SMILES string of the molecule is O=C(Cn1c(C(=O)c2ccc(Cl)cc2)nc2ccccc21)NCc1ccc(Cl)cc1. The van der Waals surface area contributed by atoms with Gasteiger partial charge in [0.05, 0.1) is 11.0 Å². The Morgan fingerprint density at radius 3 is 2.20 bits per heavy atom. The van der Waals surface area contributed by atoms with Crippen LogP contribution in [0.1, 0.15) is 21.7 Å². The van der Waals surface area contributed by atoms with Crippen molar-refractivity contribution in [3.8, 4) is 0 Å². The van der Waals surface area contributed by atoms with E-state index >= 15 is 0 Å². The van der Waals surface area contributed by atoms with Gasteiger partial charge in [-0.3, -0.25) is 9.59 Å². The average molecular weight is 438 g/mol. The molecule has 4 rings (SSSR count). The Balaban J connectivity index is 1.59. The monoisotopic (exact) mass is 437 g/mol. The number of nitrogens with one attached hydrogen (secondary N) is 1. The molecule has 0 radical (unpaired) electrons. The number of carbonyl (C=O) groups is 2. The molecule has 0 aliphatic carbocycles. The number of carbonyl (C=O) groups excluding carboxylic acids is 2. The van der Waals surface area contributed by atoms with E-state index in [-0.39, 0.29) is 24.1 Å². The Bertz CT molecular complexity index is 1220. The maximum absolute atomic E-state index is 13.1. The number of aromatic nitrogens is 2. The van der Waals surface area contributed by atoms with E-state index in [2.05, 4.69) is 10.3 Å². The van der Waals surface area contributed by atoms with Crippen LogP contribution >= 0.6 is 23.2 Å². The van der Waals surface area contributed by atoms with Crippen molar-refractivity contribution < 1.29 is 9.59 Å². The smallest absolute Gasteiger partial charge is 0.240 e. The zero-order valence-electron chi connectivity index (χ0n) is 15.8. The number of benzene rings is 3. The Labute approximate surface area is 183 Å². The molecule has 0 spiro atoms. The molecule has 1 heterocycles. The molecular weight excluding hydrogens is 421 g/mol. The summed E-state index contributed by atoms with van der Waals surface area (Å²) in [5.41, 5.74) is 2.76. The normalized spacial score (nSPS) is 10.9. The van der Waals surface area contributed by atoms with Crippen molar-refractivity contribution in [2.24, 2.45) is 0 Å². The first-order valence-electron chi connectivity index (χ1n) is 9.28. The van der Waals surface area contributed by atoms with Crippen LogP contribution in [0.25, 0.3) is 11.0 Å². The van der Waals surface area contributed by atoms with Gasteiger partial charge in [-0.2, -0.15) is 0 Å². The molecule has 0 fully saturated rings. The van der Waals surface area contributed by atoms with Crippen molar-refractivity contribution in [3.63, 3.8) is 0 Å². The minimum absolute atomic E-state index is 0.0250. The summed E-state index contributed by atoms with van der Waals surface area (Å²) in [4.78, 5) is 30.2. The summed E-state index contributed by atoms with van der Waals surface area (Å²) in [5, 5.41) is 4.06. The van der Waals surface area contributed by atoms with Gasteiger partial charge in [-0.15, -0.1) is 0 Å². The summed E-state index contributed by atoms with van der Waals surface area (Å²) in [7, 11) is 0. The van der Waals surface area contributed by atoms with Crippen molar-refractivity contribution in [1.82, 2.24) is 14.9 Å². The summed E-state index contributed by atoms with van der Waals surface area (Å²) in [6.45, 7) is 0.339. The van der Waals surface area contributed by atoms with Crippen molar-refractivity contribution in [3.05, 3.63) is 99.8 Å². The fourth-order valence-electron chi connectivity index (χ4n) is 3.14. The van der Waals surface area contributed by atoms with Gasteiger partial charge in [0.25, 0.3) is 0 Å². The summed E-state index contributed by atoms with van der Waals surface area (Å²) in [6.07, 6.45) is 0. The third-order valence-electron chi connectivity index (χ3n) is 4.67. The summed E-state index contributed by atoms with van der Waals surface area (Å²) in [5.74, 6) is -0.285.